The van der Waals surface area contributed by atoms with Gasteiger partial charge in [-0.2, -0.15) is 0 Å². The molecule has 7 heteroatoms. The molecule has 3 aromatic carbocycles. The number of anilines is 2. The maximum Gasteiger partial charge on any atom is 0.323 e. The second-order valence-corrected chi connectivity index (χ2v) is 7.17. The third-order valence-electron chi connectivity index (χ3n) is 4.54. The van der Waals surface area contributed by atoms with E-state index < -0.39 is 6.03 Å². The van der Waals surface area contributed by atoms with Gasteiger partial charge in [-0.25, -0.2) is 4.79 Å². The molecule has 0 bridgehead atoms. The Kier molecular flexibility index (Phi) is 5.91. The van der Waals surface area contributed by atoms with E-state index in [0.717, 1.165) is 11.3 Å². The van der Waals surface area contributed by atoms with Gasteiger partial charge in [0.05, 0.1) is 12.0 Å². The Morgan fingerprint density at radius 1 is 0.935 bits per heavy atom. The van der Waals surface area contributed by atoms with Crippen molar-refractivity contribution in [1.29, 1.82) is 0 Å². The molecule has 0 aliphatic carbocycles. The van der Waals surface area contributed by atoms with Gasteiger partial charge in [0.1, 0.15) is 17.1 Å². The van der Waals surface area contributed by atoms with Crippen LogP contribution in [0, 0.1) is 0 Å². The molecule has 2 amide bonds. The Labute approximate surface area is 183 Å². The van der Waals surface area contributed by atoms with Crippen molar-refractivity contribution in [2.24, 2.45) is 0 Å². The molecule has 1 heterocycles. The number of nitrogens with one attached hydrogen (secondary N) is 2. The number of hydrogen-bond donors (Lipinski definition) is 2. The Bertz CT molecular complexity index is 1280. The van der Waals surface area contributed by atoms with Crippen molar-refractivity contribution in [3.63, 3.8) is 0 Å². The molecule has 156 valence electrons. The van der Waals surface area contributed by atoms with Crippen LogP contribution in [-0.2, 0) is 0 Å². The fourth-order valence-electron chi connectivity index (χ4n) is 3.09. The van der Waals surface area contributed by atoms with Crippen LogP contribution in [0.25, 0.3) is 22.3 Å². The third-order valence-corrected chi connectivity index (χ3v) is 4.79. The largest absolute Gasteiger partial charge is 0.494 e. The van der Waals surface area contributed by atoms with E-state index in [4.69, 9.17) is 20.8 Å². The molecule has 0 saturated carbocycles. The molecule has 0 atom stereocenters. The molecule has 0 saturated heterocycles. The zero-order valence-corrected chi connectivity index (χ0v) is 17.4. The number of carbonyl (C=O) groups is 1. The Balaban J connectivity index is 1.54. The lowest BCUT2D eigenvalue weighted by atomic mass is 10.1. The van der Waals surface area contributed by atoms with Crippen molar-refractivity contribution in [2.45, 2.75) is 6.92 Å². The highest BCUT2D eigenvalue weighted by molar-refractivity contribution is 6.30. The number of halogens is 1. The van der Waals surface area contributed by atoms with Crippen molar-refractivity contribution < 1.29 is 13.9 Å². The maximum atomic E-state index is 12.7. The standard InChI is InChI=1S/C24H19ClN2O4/c1-2-30-19-10-3-15(4-11-19)23-14-21(28)20-13-18(9-12-22(20)31-23)27-24(29)26-17-7-5-16(25)6-8-17/h3-14H,2H2,1H3,(H2,26,27,29). The van der Waals surface area contributed by atoms with Crippen LogP contribution in [0.1, 0.15) is 6.92 Å². The average molecular weight is 435 g/mol. The van der Waals surface area contributed by atoms with E-state index in [9.17, 15) is 9.59 Å². The molecule has 6 nitrogen and oxygen atoms in total. The summed E-state index contributed by atoms with van der Waals surface area (Å²) in [7, 11) is 0. The zero-order valence-electron chi connectivity index (χ0n) is 16.6. The lowest BCUT2D eigenvalue weighted by molar-refractivity contribution is 0.262. The number of ether oxygens (including phenoxy) is 1. The molecule has 0 radical (unpaired) electrons. The fourth-order valence-corrected chi connectivity index (χ4v) is 3.21. The normalized spacial score (nSPS) is 10.6. The van der Waals surface area contributed by atoms with Crippen molar-refractivity contribution in [1.82, 2.24) is 0 Å². The summed E-state index contributed by atoms with van der Waals surface area (Å²) in [6.07, 6.45) is 0. The molecule has 0 aliphatic rings. The number of rotatable bonds is 5. The summed E-state index contributed by atoms with van der Waals surface area (Å²) < 4.78 is 11.4. The van der Waals surface area contributed by atoms with Gasteiger partial charge in [-0.05, 0) is 73.7 Å². The zero-order chi connectivity index (χ0) is 21.8. The first-order valence-corrected chi connectivity index (χ1v) is 10.0. The van der Waals surface area contributed by atoms with Gasteiger partial charge in [0.2, 0.25) is 0 Å². The van der Waals surface area contributed by atoms with Gasteiger partial charge in [-0.1, -0.05) is 11.6 Å². The quantitative estimate of drug-likeness (QED) is 0.394. The number of hydrogen-bond acceptors (Lipinski definition) is 4. The van der Waals surface area contributed by atoms with Crippen LogP contribution in [0.2, 0.25) is 5.02 Å². The summed E-state index contributed by atoms with van der Waals surface area (Å²) in [4.78, 5) is 24.9. The summed E-state index contributed by atoms with van der Waals surface area (Å²) >= 11 is 5.85. The monoisotopic (exact) mass is 434 g/mol. The van der Waals surface area contributed by atoms with E-state index in [2.05, 4.69) is 10.6 Å². The fraction of sp³-hybridized carbons (Fsp3) is 0.0833. The van der Waals surface area contributed by atoms with Crippen molar-refractivity contribution >= 4 is 40.0 Å². The molecule has 31 heavy (non-hydrogen) atoms. The topological polar surface area (TPSA) is 80.6 Å². The van der Waals surface area contributed by atoms with Crippen molar-refractivity contribution in [3.05, 3.63) is 88.0 Å². The molecule has 4 aromatic rings. The number of benzene rings is 3. The molecular formula is C24H19ClN2O4. The average Bonchev–Trinajstić information content (AvgIpc) is 2.76. The SMILES string of the molecule is CCOc1ccc(-c2cc(=O)c3cc(NC(=O)Nc4ccc(Cl)cc4)ccc3o2)cc1. The van der Waals surface area contributed by atoms with Gasteiger partial charge in [0.25, 0.3) is 0 Å². The number of urea groups is 1. The van der Waals surface area contributed by atoms with Gasteiger partial charge in [-0.15, -0.1) is 0 Å². The predicted molar refractivity (Wildman–Crippen MR) is 123 cm³/mol. The van der Waals surface area contributed by atoms with E-state index in [-0.39, 0.29) is 5.43 Å². The van der Waals surface area contributed by atoms with E-state index in [1.54, 1.807) is 42.5 Å². The van der Waals surface area contributed by atoms with Gasteiger partial charge < -0.3 is 19.8 Å². The Hall–Kier alpha value is -3.77. The minimum absolute atomic E-state index is 0.202. The second-order valence-electron chi connectivity index (χ2n) is 6.73. The molecule has 1 aromatic heterocycles. The number of carbonyl (C=O) groups excluding carboxylic acids is 1. The highest BCUT2D eigenvalue weighted by atomic mass is 35.5. The lowest BCUT2D eigenvalue weighted by Crippen LogP contribution is -2.19. The van der Waals surface area contributed by atoms with Crippen LogP contribution in [-0.4, -0.2) is 12.6 Å². The number of fused-ring (bicyclic) bond motifs is 1. The summed E-state index contributed by atoms with van der Waals surface area (Å²) in [6.45, 7) is 2.50. The first kappa shape index (κ1) is 20.5. The predicted octanol–water partition coefficient (Wildman–Crippen LogP) is 6.16. The molecule has 4 rings (SSSR count). The first-order valence-electron chi connectivity index (χ1n) is 9.66. The summed E-state index contributed by atoms with van der Waals surface area (Å²) in [5.41, 5.74) is 2.07. The molecule has 0 fully saturated rings. The summed E-state index contributed by atoms with van der Waals surface area (Å²) in [5, 5.41) is 6.37. The van der Waals surface area contributed by atoms with Crippen LogP contribution in [0.15, 0.2) is 82.0 Å². The van der Waals surface area contributed by atoms with E-state index in [1.165, 1.54) is 6.07 Å². The molecule has 0 unspecified atom stereocenters. The highest BCUT2D eigenvalue weighted by Gasteiger charge is 2.10. The van der Waals surface area contributed by atoms with Gasteiger partial charge in [-0.3, -0.25) is 4.79 Å². The van der Waals surface area contributed by atoms with Crippen LogP contribution < -0.4 is 20.8 Å². The lowest BCUT2D eigenvalue weighted by Gasteiger charge is -2.09. The van der Waals surface area contributed by atoms with E-state index in [1.807, 2.05) is 31.2 Å². The smallest absolute Gasteiger partial charge is 0.323 e. The molecule has 0 spiro atoms. The summed E-state index contributed by atoms with van der Waals surface area (Å²) in [6, 6.07) is 20.0. The Morgan fingerprint density at radius 3 is 2.32 bits per heavy atom. The second kappa shape index (κ2) is 8.93. The van der Waals surface area contributed by atoms with E-state index in [0.29, 0.717) is 39.7 Å². The van der Waals surface area contributed by atoms with Gasteiger partial charge in [0.15, 0.2) is 5.43 Å². The van der Waals surface area contributed by atoms with Crippen LogP contribution in [0.3, 0.4) is 0 Å². The molecular weight excluding hydrogens is 416 g/mol. The van der Waals surface area contributed by atoms with Crippen LogP contribution in [0.5, 0.6) is 5.75 Å². The van der Waals surface area contributed by atoms with Gasteiger partial charge >= 0.3 is 6.03 Å². The highest BCUT2D eigenvalue weighted by Crippen LogP contribution is 2.26. The third kappa shape index (κ3) is 4.87. The number of amides is 2. The minimum atomic E-state index is -0.433. The maximum absolute atomic E-state index is 12.7. The molecule has 0 aliphatic heterocycles. The van der Waals surface area contributed by atoms with Gasteiger partial charge in [0, 0.05) is 28.0 Å². The summed E-state index contributed by atoms with van der Waals surface area (Å²) in [5.74, 6) is 1.21. The molecule has 2 N–H and O–H groups in total. The first-order chi connectivity index (χ1) is 15.0. The van der Waals surface area contributed by atoms with Crippen LogP contribution >= 0.6 is 11.6 Å². The van der Waals surface area contributed by atoms with Crippen LogP contribution in [0.4, 0.5) is 16.2 Å². The van der Waals surface area contributed by atoms with Crippen molar-refractivity contribution in [2.75, 3.05) is 17.2 Å². The van der Waals surface area contributed by atoms with Crippen molar-refractivity contribution in [3.8, 4) is 17.1 Å². The Morgan fingerprint density at radius 2 is 1.61 bits per heavy atom. The minimum Gasteiger partial charge on any atom is -0.494 e. The van der Waals surface area contributed by atoms with E-state index >= 15 is 0 Å².